The number of nitrogens with zero attached hydrogens (tertiary/aromatic N) is 2. The maximum absolute atomic E-state index is 13.0. The van der Waals surface area contributed by atoms with Gasteiger partial charge in [0.15, 0.2) is 0 Å². The van der Waals surface area contributed by atoms with Crippen LogP contribution in [0, 0.1) is 11.3 Å². The van der Waals surface area contributed by atoms with E-state index in [-0.39, 0.29) is 5.83 Å². The number of H-pyrrole nitrogens is 1. The van der Waals surface area contributed by atoms with Crippen LogP contribution in [-0.2, 0) is 0 Å². The molecule has 0 bridgehead atoms. The van der Waals surface area contributed by atoms with E-state index in [1.807, 2.05) is 6.07 Å². The maximum Gasteiger partial charge on any atom is 0.119 e. The van der Waals surface area contributed by atoms with E-state index in [1.165, 1.54) is 30.6 Å². The lowest BCUT2D eigenvalue weighted by Crippen LogP contribution is -1.81. The summed E-state index contributed by atoms with van der Waals surface area (Å²) in [5, 5.41) is 8.40. The fraction of sp³-hybridized carbons (Fsp3) is 0.0909. The van der Waals surface area contributed by atoms with Gasteiger partial charge in [-0.2, -0.15) is 5.26 Å². The fourth-order valence-corrected chi connectivity index (χ4v) is 0.985. The SMILES string of the molecule is C\C=C(F)/C=C(\C=C\C#N)c1c[nH]cn1. The third-order valence-corrected chi connectivity index (χ3v) is 1.70. The topological polar surface area (TPSA) is 52.5 Å². The first-order valence-electron chi connectivity index (χ1n) is 4.36. The molecule has 0 atom stereocenters. The molecule has 0 saturated carbocycles. The minimum Gasteiger partial charge on any atom is -0.351 e. The van der Waals surface area contributed by atoms with Gasteiger partial charge in [0.1, 0.15) is 5.83 Å². The molecular formula is C11H10FN3. The zero-order chi connectivity index (χ0) is 11.1. The van der Waals surface area contributed by atoms with Gasteiger partial charge >= 0.3 is 0 Å². The van der Waals surface area contributed by atoms with Gasteiger partial charge < -0.3 is 4.98 Å². The average molecular weight is 203 g/mol. The molecule has 0 fully saturated rings. The highest BCUT2D eigenvalue weighted by Crippen LogP contribution is 2.15. The molecule has 0 amide bonds. The van der Waals surface area contributed by atoms with E-state index in [4.69, 9.17) is 5.26 Å². The van der Waals surface area contributed by atoms with Gasteiger partial charge in [-0.15, -0.1) is 0 Å². The monoisotopic (exact) mass is 203 g/mol. The van der Waals surface area contributed by atoms with Gasteiger partial charge in [-0.25, -0.2) is 9.37 Å². The predicted octanol–water partition coefficient (Wildman–Crippen LogP) is 2.75. The smallest absolute Gasteiger partial charge is 0.119 e. The van der Waals surface area contributed by atoms with Gasteiger partial charge in [0.05, 0.1) is 18.1 Å². The molecule has 0 saturated heterocycles. The summed E-state index contributed by atoms with van der Waals surface area (Å²) in [6, 6.07) is 1.85. The lowest BCUT2D eigenvalue weighted by atomic mass is 10.1. The first-order valence-corrected chi connectivity index (χ1v) is 4.36. The van der Waals surface area contributed by atoms with Crippen LogP contribution in [0.15, 0.2) is 42.7 Å². The number of rotatable bonds is 3. The molecule has 0 aromatic carbocycles. The second-order valence-electron chi connectivity index (χ2n) is 2.69. The molecule has 1 aromatic heterocycles. The van der Waals surface area contributed by atoms with E-state index in [0.29, 0.717) is 11.3 Å². The summed E-state index contributed by atoms with van der Waals surface area (Å²) in [6.07, 6.45) is 8.59. The Labute approximate surface area is 87.3 Å². The molecule has 0 aliphatic rings. The van der Waals surface area contributed by atoms with Crippen LogP contribution >= 0.6 is 0 Å². The van der Waals surface area contributed by atoms with Crippen LogP contribution in [0.4, 0.5) is 4.39 Å². The van der Waals surface area contributed by atoms with Gasteiger partial charge in [-0.1, -0.05) is 6.08 Å². The Hall–Kier alpha value is -2.15. The van der Waals surface area contributed by atoms with Crippen molar-refractivity contribution in [3.63, 3.8) is 0 Å². The average Bonchev–Trinajstić information content (AvgIpc) is 2.77. The molecule has 0 unspecified atom stereocenters. The van der Waals surface area contributed by atoms with Crippen molar-refractivity contribution in [2.75, 3.05) is 0 Å². The Balaban J connectivity index is 3.05. The summed E-state index contributed by atoms with van der Waals surface area (Å²) in [5.74, 6) is -0.365. The van der Waals surface area contributed by atoms with Crippen LogP contribution in [0.2, 0.25) is 0 Å². The zero-order valence-electron chi connectivity index (χ0n) is 8.24. The first kappa shape index (κ1) is 10.9. The Morgan fingerprint density at radius 2 is 2.47 bits per heavy atom. The number of nitrogens with one attached hydrogen (secondary N) is 1. The summed E-state index contributed by atoms with van der Waals surface area (Å²) in [7, 11) is 0. The van der Waals surface area contributed by atoms with Gasteiger partial charge in [-0.3, -0.25) is 0 Å². The van der Waals surface area contributed by atoms with Gasteiger partial charge in [0.25, 0.3) is 0 Å². The second kappa shape index (κ2) is 5.55. The number of aromatic nitrogens is 2. The van der Waals surface area contributed by atoms with Gasteiger partial charge in [-0.05, 0) is 19.1 Å². The van der Waals surface area contributed by atoms with E-state index in [9.17, 15) is 4.39 Å². The van der Waals surface area contributed by atoms with Crippen molar-refractivity contribution in [2.45, 2.75) is 6.92 Å². The van der Waals surface area contributed by atoms with E-state index in [0.717, 1.165) is 0 Å². The van der Waals surface area contributed by atoms with E-state index in [1.54, 1.807) is 13.1 Å². The van der Waals surface area contributed by atoms with Crippen LogP contribution in [0.5, 0.6) is 0 Å². The molecule has 0 spiro atoms. The number of hydrogen-bond donors (Lipinski definition) is 1. The van der Waals surface area contributed by atoms with Crippen molar-refractivity contribution in [2.24, 2.45) is 0 Å². The number of aromatic amines is 1. The minimum atomic E-state index is -0.365. The number of halogens is 1. The Kier molecular flexibility index (Phi) is 4.05. The second-order valence-corrected chi connectivity index (χ2v) is 2.69. The predicted molar refractivity (Wildman–Crippen MR) is 56.2 cm³/mol. The first-order chi connectivity index (χ1) is 7.27. The molecule has 15 heavy (non-hydrogen) atoms. The molecule has 0 aliphatic carbocycles. The minimum absolute atomic E-state index is 0.365. The third-order valence-electron chi connectivity index (χ3n) is 1.70. The number of imidazole rings is 1. The Bertz CT molecular complexity index is 433. The van der Waals surface area contributed by atoms with Gasteiger partial charge in [0.2, 0.25) is 0 Å². The summed E-state index contributed by atoms with van der Waals surface area (Å²) in [6.45, 7) is 1.60. The molecule has 4 heteroatoms. The highest BCUT2D eigenvalue weighted by Gasteiger charge is 2.00. The maximum atomic E-state index is 13.0. The van der Waals surface area contributed by atoms with E-state index >= 15 is 0 Å². The summed E-state index contributed by atoms with van der Waals surface area (Å²) < 4.78 is 13.0. The van der Waals surface area contributed by atoms with Crippen molar-refractivity contribution in [3.05, 3.63) is 48.3 Å². The number of hydrogen-bond acceptors (Lipinski definition) is 2. The van der Waals surface area contributed by atoms with Crippen molar-refractivity contribution < 1.29 is 4.39 Å². The highest BCUT2D eigenvalue weighted by molar-refractivity contribution is 5.73. The van der Waals surface area contributed by atoms with Crippen LogP contribution < -0.4 is 0 Å². The fourth-order valence-electron chi connectivity index (χ4n) is 0.985. The molecule has 0 radical (unpaired) electrons. The summed E-state index contributed by atoms with van der Waals surface area (Å²) >= 11 is 0. The molecule has 76 valence electrons. The van der Waals surface area contributed by atoms with Crippen LogP contribution in [-0.4, -0.2) is 9.97 Å². The van der Waals surface area contributed by atoms with Crippen molar-refractivity contribution in [1.29, 1.82) is 5.26 Å². The molecule has 1 N–H and O–H groups in total. The number of allylic oxidation sites excluding steroid dienone is 6. The van der Waals surface area contributed by atoms with Crippen molar-refractivity contribution in [3.8, 4) is 6.07 Å². The molecule has 0 aliphatic heterocycles. The molecule has 1 aromatic rings. The lowest BCUT2D eigenvalue weighted by molar-refractivity contribution is 0.665. The van der Waals surface area contributed by atoms with E-state index in [2.05, 4.69) is 9.97 Å². The Morgan fingerprint density at radius 3 is 3.00 bits per heavy atom. The summed E-state index contributed by atoms with van der Waals surface area (Å²) in [4.78, 5) is 6.75. The quantitative estimate of drug-likeness (QED) is 0.606. The molecular weight excluding hydrogens is 193 g/mol. The van der Waals surface area contributed by atoms with Crippen LogP contribution in [0.3, 0.4) is 0 Å². The molecule has 3 nitrogen and oxygen atoms in total. The highest BCUT2D eigenvalue weighted by atomic mass is 19.1. The standard InChI is InChI=1S/C11H10FN3/c1-2-10(12)6-9(4-3-5-13)11-7-14-8-15-11/h2-4,6-8H,1H3,(H,14,15)/b4-3+,9-6+,10-2+. The summed E-state index contributed by atoms with van der Waals surface area (Å²) in [5.41, 5.74) is 1.15. The largest absolute Gasteiger partial charge is 0.351 e. The zero-order valence-corrected chi connectivity index (χ0v) is 8.24. The lowest BCUT2D eigenvalue weighted by Gasteiger charge is -1.95. The number of nitriles is 1. The normalized spacial score (nSPS) is 13.1. The van der Waals surface area contributed by atoms with Crippen molar-refractivity contribution in [1.82, 2.24) is 9.97 Å². The van der Waals surface area contributed by atoms with Crippen LogP contribution in [0.25, 0.3) is 5.57 Å². The van der Waals surface area contributed by atoms with Crippen molar-refractivity contribution >= 4 is 5.57 Å². The molecule has 1 rings (SSSR count). The third kappa shape index (κ3) is 3.24. The molecule has 1 heterocycles. The van der Waals surface area contributed by atoms with Crippen LogP contribution in [0.1, 0.15) is 12.6 Å². The Morgan fingerprint density at radius 1 is 1.67 bits per heavy atom. The van der Waals surface area contributed by atoms with E-state index < -0.39 is 0 Å². The van der Waals surface area contributed by atoms with Gasteiger partial charge in [0, 0.05) is 17.8 Å².